The number of ether oxygens (including phenoxy) is 2. The Kier molecular flexibility index (Phi) is 6.42. The van der Waals surface area contributed by atoms with E-state index in [1.165, 1.54) is 0 Å². The maximum atomic E-state index is 12.4. The average molecular weight is 320 g/mol. The van der Waals surface area contributed by atoms with Crippen molar-refractivity contribution in [2.24, 2.45) is 0 Å². The summed E-state index contributed by atoms with van der Waals surface area (Å²) < 4.78 is 11.3. The lowest BCUT2D eigenvalue weighted by Crippen LogP contribution is -2.46. The van der Waals surface area contributed by atoms with Gasteiger partial charge in [-0.25, -0.2) is 0 Å². The second kappa shape index (κ2) is 8.31. The first-order valence-corrected chi connectivity index (χ1v) is 8.43. The number of hydrogen-bond acceptors (Lipinski definition) is 5. The topological polar surface area (TPSA) is 64.8 Å². The number of nitrogen functional groups attached to an aromatic ring is 1. The summed E-state index contributed by atoms with van der Waals surface area (Å²) in [6.45, 7) is 9.32. The van der Waals surface area contributed by atoms with E-state index in [2.05, 4.69) is 18.7 Å². The van der Waals surface area contributed by atoms with Crippen LogP contribution in [0.25, 0.3) is 0 Å². The van der Waals surface area contributed by atoms with Crippen LogP contribution in [0.1, 0.15) is 44.0 Å². The number of anilines is 1. The fraction of sp³-hybridized carbons (Fsp3) is 0.611. The molecule has 2 rings (SSSR count). The second-order valence-corrected chi connectivity index (χ2v) is 6.29. The van der Waals surface area contributed by atoms with Crippen LogP contribution >= 0.6 is 0 Å². The molecule has 1 saturated heterocycles. The number of nitrogens with zero attached hydrogens (tertiary/aromatic N) is 1. The van der Waals surface area contributed by atoms with Crippen molar-refractivity contribution in [2.75, 3.05) is 32.0 Å². The number of nitrogens with two attached hydrogens (primary N) is 1. The number of benzene rings is 1. The molecule has 0 radical (unpaired) electrons. The fourth-order valence-electron chi connectivity index (χ4n) is 2.94. The molecule has 1 aromatic rings. The Hall–Kier alpha value is -1.59. The minimum Gasteiger partial charge on any atom is -0.491 e. The molecular weight excluding hydrogens is 292 g/mol. The molecule has 1 fully saturated rings. The molecule has 0 spiro atoms. The van der Waals surface area contributed by atoms with Crippen LogP contribution in [0.2, 0.25) is 0 Å². The van der Waals surface area contributed by atoms with Gasteiger partial charge in [0.1, 0.15) is 5.75 Å². The first-order chi connectivity index (χ1) is 11.0. The Morgan fingerprint density at radius 1 is 1.35 bits per heavy atom. The molecule has 5 heteroatoms. The first kappa shape index (κ1) is 17.8. The zero-order chi connectivity index (χ0) is 16.8. The van der Waals surface area contributed by atoms with E-state index in [9.17, 15) is 4.79 Å². The molecule has 2 atom stereocenters. The van der Waals surface area contributed by atoms with Gasteiger partial charge < -0.3 is 15.2 Å². The Labute approximate surface area is 138 Å². The second-order valence-electron chi connectivity index (χ2n) is 6.29. The van der Waals surface area contributed by atoms with Crippen LogP contribution < -0.4 is 10.5 Å². The van der Waals surface area contributed by atoms with Gasteiger partial charge in [0.25, 0.3) is 0 Å². The molecule has 5 nitrogen and oxygen atoms in total. The van der Waals surface area contributed by atoms with Crippen LogP contribution in [-0.4, -0.2) is 49.1 Å². The van der Waals surface area contributed by atoms with Crippen molar-refractivity contribution in [3.63, 3.8) is 0 Å². The van der Waals surface area contributed by atoms with Crippen molar-refractivity contribution in [3.8, 4) is 5.75 Å². The number of carbonyl (C=O) groups is 1. The largest absolute Gasteiger partial charge is 0.491 e. The van der Waals surface area contributed by atoms with E-state index >= 15 is 0 Å². The van der Waals surface area contributed by atoms with Gasteiger partial charge in [-0.1, -0.05) is 6.92 Å². The summed E-state index contributed by atoms with van der Waals surface area (Å²) in [4.78, 5) is 14.7. The summed E-state index contributed by atoms with van der Waals surface area (Å²) in [5.41, 5.74) is 7.15. The van der Waals surface area contributed by atoms with Gasteiger partial charge in [0.05, 0.1) is 24.5 Å². The van der Waals surface area contributed by atoms with Gasteiger partial charge in [0, 0.05) is 31.6 Å². The quantitative estimate of drug-likeness (QED) is 0.618. The Morgan fingerprint density at radius 3 is 2.65 bits per heavy atom. The van der Waals surface area contributed by atoms with Gasteiger partial charge in [-0.2, -0.15) is 0 Å². The number of hydrogen-bond donors (Lipinski definition) is 1. The monoisotopic (exact) mass is 320 g/mol. The molecule has 2 N–H and O–H groups in total. The number of morpholine rings is 1. The summed E-state index contributed by atoms with van der Waals surface area (Å²) in [6, 6.07) is 5.31. The highest BCUT2D eigenvalue weighted by atomic mass is 16.5. The van der Waals surface area contributed by atoms with E-state index in [0.29, 0.717) is 30.0 Å². The minimum absolute atomic E-state index is 0.116. The summed E-state index contributed by atoms with van der Waals surface area (Å²) in [7, 11) is 0. The molecule has 1 heterocycles. The predicted octanol–water partition coefficient (Wildman–Crippen LogP) is 2.74. The van der Waals surface area contributed by atoms with Crippen LogP contribution in [0.5, 0.6) is 5.75 Å². The van der Waals surface area contributed by atoms with Crippen LogP contribution in [0.4, 0.5) is 5.69 Å². The Morgan fingerprint density at radius 2 is 2.04 bits per heavy atom. The molecule has 1 aliphatic heterocycles. The Bertz CT molecular complexity index is 523. The van der Waals surface area contributed by atoms with Crippen molar-refractivity contribution in [2.45, 2.75) is 45.8 Å². The van der Waals surface area contributed by atoms with E-state index in [0.717, 1.165) is 26.1 Å². The van der Waals surface area contributed by atoms with Crippen molar-refractivity contribution >= 4 is 11.5 Å². The first-order valence-electron chi connectivity index (χ1n) is 8.43. The molecule has 0 aliphatic carbocycles. The van der Waals surface area contributed by atoms with Gasteiger partial charge in [-0.05, 0) is 38.5 Å². The van der Waals surface area contributed by atoms with Crippen molar-refractivity contribution < 1.29 is 14.3 Å². The van der Waals surface area contributed by atoms with Gasteiger partial charge in [0.15, 0.2) is 5.78 Å². The molecule has 1 aliphatic rings. The van der Waals surface area contributed by atoms with Crippen LogP contribution in [0, 0.1) is 0 Å². The smallest absolute Gasteiger partial charge is 0.164 e. The van der Waals surface area contributed by atoms with E-state index in [4.69, 9.17) is 15.2 Å². The van der Waals surface area contributed by atoms with Crippen molar-refractivity contribution in [1.82, 2.24) is 4.90 Å². The highest BCUT2D eigenvalue weighted by Gasteiger charge is 2.22. The van der Waals surface area contributed by atoms with E-state index < -0.39 is 0 Å². The Balaban J connectivity index is 1.89. The zero-order valence-electron chi connectivity index (χ0n) is 14.4. The highest BCUT2D eigenvalue weighted by Crippen LogP contribution is 2.23. The summed E-state index contributed by atoms with van der Waals surface area (Å²) >= 11 is 0. The van der Waals surface area contributed by atoms with E-state index in [-0.39, 0.29) is 18.0 Å². The number of ketones is 1. The normalized spacial score (nSPS) is 22.0. The lowest BCUT2D eigenvalue weighted by Gasteiger charge is -2.35. The van der Waals surface area contributed by atoms with E-state index in [1.54, 1.807) is 18.2 Å². The molecular formula is C18H28N2O3. The zero-order valence-corrected chi connectivity index (χ0v) is 14.4. The maximum absolute atomic E-state index is 12.4. The van der Waals surface area contributed by atoms with Crippen LogP contribution in [0.15, 0.2) is 18.2 Å². The van der Waals surface area contributed by atoms with E-state index in [1.807, 2.05) is 6.92 Å². The van der Waals surface area contributed by atoms with Gasteiger partial charge in [-0.3, -0.25) is 9.69 Å². The SMILES string of the molecule is CCCOc1ccc(C(=O)CCN2CC(C)OC(C)C2)cc1N. The third-order valence-corrected chi connectivity index (χ3v) is 3.94. The van der Waals surface area contributed by atoms with Gasteiger partial charge in [0.2, 0.25) is 0 Å². The predicted molar refractivity (Wildman–Crippen MR) is 92.0 cm³/mol. The number of Topliss-reactive ketones (excluding diaryl/α,β-unsaturated/α-hetero) is 1. The lowest BCUT2D eigenvalue weighted by molar-refractivity contribution is -0.0675. The molecule has 1 aromatic carbocycles. The number of rotatable bonds is 7. The van der Waals surface area contributed by atoms with Crippen molar-refractivity contribution in [3.05, 3.63) is 23.8 Å². The van der Waals surface area contributed by atoms with Crippen molar-refractivity contribution in [1.29, 1.82) is 0 Å². The fourth-order valence-corrected chi connectivity index (χ4v) is 2.94. The molecule has 128 valence electrons. The molecule has 0 saturated carbocycles. The van der Waals surface area contributed by atoms with Crippen LogP contribution in [-0.2, 0) is 4.74 Å². The highest BCUT2D eigenvalue weighted by molar-refractivity contribution is 5.97. The van der Waals surface area contributed by atoms with Crippen LogP contribution in [0.3, 0.4) is 0 Å². The molecule has 23 heavy (non-hydrogen) atoms. The summed E-state index contributed by atoms with van der Waals surface area (Å²) in [5.74, 6) is 0.768. The van der Waals surface area contributed by atoms with Gasteiger partial charge >= 0.3 is 0 Å². The number of carbonyl (C=O) groups excluding carboxylic acids is 1. The standard InChI is InChI=1S/C18H28N2O3/c1-4-9-22-18-6-5-15(10-16(18)19)17(21)7-8-20-11-13(2)23-14(3)12-20/h5-6,10,13-14H,4,7-9,11-12,19H2,1-3H3. The third-order valence-electron chi connectivity index (χ3n) is 3.94. The molecule has 2 unspecified atom stereocenters. The molecule has 0 aromatic heterocycles. The summed E-state index contributed by atoms with van der Waals surface area (Å²) in [5, 5.41) is 0. The maximum Gasteiger partial charge on any atom is 0.164 e. The lowest BCUT2D eigenvalue weighted by atomic mass is 10.1. The average Bonchev–Trinajstić information content (AvgIpc) is 2.50. The molecule has 0 bridgehead atoms. The summed E-state index contributed by atoms with van der Waals surface area (Å²) in [6.07, 6.45) is 1.86. The third kappa shape index (κ3) is 5.22. The molecule has 0 amide bonds. The van der Waals surface area contributed by atoms with Gasteiger partial charge in [-0.15, -0.1) is 0 Å². The minimum atomic E-state index is 0.116.